The Labute approximate surface area is 235 Å². The van der Waals surface area contributed by atoms with Gasteiger partial charge in [0.2, 0.25) is 5.91 Å². The number of anilines is 2. The van der Waals surface area contributed by atoms with Gasteiger partial charge >= 0.3 is 0 Å². The van der Waals surface area contributed by atoms with Crippen LogP contribution in [0.2, 0.25) is 5.02 Å². The van der Waals surface area contributed by atoms with E-state index in [1.807, 2.05) is 6.07 Å². The number of para-hydroxylation sites is 1. The Morgan fingerprint density at radius 2 is 1.68 bits per heavy atom. The van der Waals surface area contributed by atoms with Crippen LogP contribution in [0.25, 0.3) is 0 Å². The maximum atomic E-state index is 13.8. The first-order valence-corrected chi connectivity index (χ1v) is 13.6. The quantitative estimate of drug-likeness (QED) is 0.175. The number of benzene rings is 4. The summed E-state index contributed by atoms with van der Waals surface area (Å²) in [6, 6.07) is 23.1. The zero-order valence-corrected chi connectivity index (χ0v) is 23.0. The number of nitro groups is 1. The summed E-state index contributed by atoms with van der Waals surface area (Å²) >= 11 is 6.16. The van der Waals surface area contributed by atoms with Crippen LogP contribution in [0, 0.1) is 17.0 Å². The number of sulfonamides is 1. The van der Waals surface area contributed by atoms with Gasteiger partial charge < -0.3 is 14.8 Å². The number of rotatable bonds is 10. The van der Waals surface area contributed by atoms with Crippen molar-refractivity contribution in [1.82, 2.24) is 0 Å². The van der Waals surface area contributed by atoms with E-state index < -0.39 is 27.4 Å². The smallest absolute Gasteiger partial charge is 0.273 e. The zero-order chi connectivity index (χ0) is 28.9. The Morgan fingerprint density at radius 1 is 0.975 bits per heavy atom. The molecular weight excluding hydrogens is 558 g/mol. The topological polar surface area (TPSA) is 128 Å². The Bertz CT molecular complexity index is 1650. The second kappa shape index (κ2) is 12.1. The van der Waals surface area contributed by atoms with Gasteiger partial charge in [0.1, 0.15) is 18.0 Å². The van der Waals surface area contributed by atoms with Crippen molar-refractivity contribution < 1.29 is 27.6 Å². The number of methoxy groups -OCH3 is 1. The molecule has 0 aromatic heterocycles. The number of nitrogens with one attached hydrogen (secondary N) is 1. The van der Waals surface area contributed by atoms with Crippen LogP contribution in [0.1, 0.15) is 5.56 Å². The van der Waals surface area contributed by atoms with E-state index in [-0.39, 0.29) is 27.7 Å². The summed E-state index contributed by atoms with van der Waals surface area (Å²) in [5.74, 6) is 0.569. The van der Waals surface area contributed by atoms with Gasteiger partial charge in [0, 0.05) is 16.7 Å². The molecule has 40 heavy (non-hydrogen) atoms. The minimum Gasteiger partial charge on any atom is -0.497 e. The fourth-order valence-corrected chi connectivity index (χ4v) is 5.38. The van der Waals surface area contributed by atoms with E-state index in [1.54, 1.807) is 36.4 Å². The van der Waals surface area contributed by atoms with Crippen LogP contribution in [-0.2, 0) is 14.8 Å². The van der Waals surface area contributed by atoms with Crippen molar-refractivity contribution in [3.05, 3.63) is 112 Å². The van der Waals surface area contributed by atoms with E-state index in [4.69, 9.17) is 21.1 Å². The first-order valence-electron chi connectivity index (χ1n) is 11.8. The lowest BCUT2D eigenvalue weighted by Gasteiger charge is -2.24. The van der Waals surface area contributed by atoms with E-state index in [0.29, 0.717) is 22.1 Å². The van der Waals surface area contributed by atoms with E-state index in [2.05, 4.69) is 5.32 Å². The van der Waals surface area contributed by atoms with E-state index in [1.165, 1.54) is 56.5 Å². The fraction of sp³-hybridized carbons (Fsp3) is 0.107. The summed E-state index contributed by atoms with van der Waals surface area (Å²) in [5.41, 5.74) is 0.303. The maximum absolute atomic E-state index is 13.8. The minimum absolute atomic E-state index is 0.144. The molecule has 0 radical (unpaired) electrons. The Kier molecular flexibility index (Phi) is 8.56. The molecule has 0 saturated heterocycles. The average molecular weight is 582 g/mol. The van der Waals surface area contributed by atoms with Crippen molar-refractivity contribution in [2.45, 2.75) is 11.8 Å². The van der Waals surface area contributed by atoms with E-state index >= 15 is 0 Å². The second-order valence-electron chi connectivity index (χ2n) is 8.52. The first-order chi connectivity index (χ1) is 19.1. The number of nitro benzene ring substituents is 1. The molecule has 1 amide bonds. The molecule has 10 nitrogen and oxygen atoms in total. The molecule has 0 heterocycles. The highest BCUT2D eigenvalue weighted by Crippen LogP contribution is 2.33. The molecule has 4 aromatic rings. The monoisotopic (exact) mass is 581 g/mol. The van der Waals surface area contributed by atoms with Gasteiger partial charge in [-0.2, -0.15) is 0 Å². The highest BCUT2D eigenvalue weighted by molar-refractivity contribution is 7.92. The van der Waals surface area contributed by atoms with Crippen LogP contribution in [0.4, 0.5) is 17.1 Å². The Hall–Kier alpha value is -4.61. The lowest BCUT2D eigenvalue weighted by atomic mass is 10.2. The van der Waals surface area contributed by atoms with Gasteiger partial charge in [0.15, 0.2) is 5.75 Å². The molecule has 0 unspecified atom stereocenters. The van der Waals surface area contributed by atoms with Gasteiger partial charge in [-0.1, -0.05) is 35.9 Å². The number of carbonyl (C=O) groups is 1. The van der Waals surface area contributed by atoms with Crippen molar-refractivity contribution in [2.24, 2.45) is 0 Å². The molecule has 12 heteroatoms. The minimum atomic E-state index is -4.43. The van der Waals surface area contributed by atoms with Crippen molar-refractivity contribution in [1.29, 1.82) is 0 Å². The predicted molar refractivity (Wildman–Crippen MR) is 152 cm³/mol. The third-order valence-corrected chi connectivity index (χ3v) is 7.80. The summed E-state index contributed by atoms with van der Waals surface area (Å²) in [7, 11) is -2.97. The lowest BCUT2D eigenvalue weighted by Crippen LogP contribution is -2.38. The molecule has 0 saturated carbocycles. The molecule has 0 aliphatic heterocycles. The Balaban J connectivity index is 1.69. The van der Waals surface area contributed by atoms with Gasteiger partial charge in [-0.15, -0.1) is 0 Å². The fourth-order valence-electron chi connectivity index (χ4n) is 3.76. The largest absolute Gasteiger partial charge is 0.497 e. The van der Waals surface area contributed by atoms with Crippen molar-refractivity contribution in [2.75, 3.05) is 23.3 Å². The van der Waals surface area contributed by atoms with E-state index in [9.17, 15) is 23.3 Å². The number of amides is 1. The summed E-state index contributed by atoms with van der Waals surface area (Å²) < 4.78 is 39.4. The average Bonchev–Trinajstić information content (AvgIpc) is 2.94. The van der Waals surface area contributed by atoms with Gasteiger partial charge in [-0.25, -0.2) is 8.42 Å². The number of carbonyl (C=O) groups excluding carboxylic acids is 1. The molecular formula is C28H24ClN3O7S. The van der Waals surface area contributed by atoms with Crippen LogP contribution in [0.3, 0.4) is 0 Å². The molecule has 0 aliphatic rings. The van der Waals surface area contributed by atoms with Gasteiger partial charge in [-0.3, -0.25) is 19.2 Å². The van der Waals surface area contributed by atoms with Gasteiger partial charge in [0.05, 0.1) is 28.3 Å². The van der Waals surface area contributed by atoms with Crippen LogP contribution in [-0.4, -0.2) is 32.9 Å². The number of hydrogen-bond donors (Lipinski definition) is 1. The normalized spacial score (nSPS) is 11.0. The molecule has 0 aliphatic carbocycles. The van der Waals surface area contributed by atoms with E-state index in [0.717, 1.165) is 10.4 Å². The molecule has 206 valence electrons. The summed E-state index contributed by atoms with van der Waals surface area (Å²) in [5, 5.41) is 14.5. The highest BCUT2D eigenvalue weighted by Gasteiger charge is 2.29. The molecule has 0 atom stereocenters. The highest BCUT2D eigenvalue weighted by atomic mass is 35.5. The molecule has 4 rings (SSSR count). The standard InChI is InChI=1S/C28H24ClN3O7S/c1-19-8-14-24(17-26(19)32(34)35)40(36,37)31(21-10-12-22(38-2)13-11-21)18-28(33)30-25-16-20(29)9-15-27(25)39-23-6-4-3-5-7-23/h3-17H,18H2,1-2H3,(H,30,33). The van der Waals surface area contributed by atoms with Crippen LogP contribution < -0.4 is 19.1 Å². The lowest BCUT2D eigenvalue weighted by molar-refractivity contribution is -0.385. The summed E-state index contributed by atoms with van der Waals surface area (Å²) in [6.45, 7) is 0.844. The van der Waals surface area contributed by atoms with Crippen LogP contribution in [0.15, 0.2) is 95.9 Å². The van der Waals surface area contributed by atoms with Gasteiger partial charge in [0.25, 0.3) is 15.7 Å². The van der Waals surface area contributed by atoms with Crippen molar-refractivity contribution in [3.63, 3.8) is 0 Å². The van der Waals surface area contributed by atoms with Crippen molar-refractivity contribution in [3.8, 4) is 17.2 Å². The van der Waals surface area contributed by atoms with Crippen LogP contribution in [0.5, 0.6) is 17.2 Å². The predicted octanol–water partition coefficient (Wildman–Crippen LogP) is 6.19. The second-order valence-corrected chi connectivity index (χ2v) is 10.8. The number of halogens is 1. The maximum Gasteiger partial charge on any atom is 0.273 e. The van der Waals surface area contributed by atoms with Crippen molar-refractivity contribution >= 4 is 44.6 Å². The summed E-state index contributed by atoms with van der Waals surface area (Å²) in [6.07, 6.45) is 0. The Morgan fingerprint density at radius 3 is 2.33 bits per heavy atom. The molecule has 4 aromatic carbocycles. The number of ether oxygens (including phenoxy) is 2. The first kappa shape index (κ1) is 28.4. The summed E-state index contributed by atoms with van der Waals surface area (Å²) in [4.78, 5) is 23.8. The molecule has 0 spiro atoms. The molecule has 0 fully saturated rings. The number of nitrogens with zero attached hydrogens (tertiary/aromatic N) is 2. The molecule has 0 bridgehead atoms. The molecule has 1 N–H and O–H groups in total. The SMILES string of the molecule is COc1ccc(N(CC(=O)Nc2cc(Cl)ccc2Oc2ccccc2)S(=O)(=O)c2ccc(C)c([N+](=O)[O-])c2)cc1. The number of hydrogen-bond acceptors (Lipinski definition) is 7. The third kappa shape index (κ3) is 6.50. The van der Waals surface area contributed by atoms with Crippen LogP contribution >= 0.6 is 11.6 Å². The van der Waals surface area contributed by atoms with Gasteiger partial charge in [-0.05, 0) is 67.6 Å². The zero-order valence-electron chi connectivity index (χ0n) is 21.4. The number of aryl methyl sites for hydroxylation is 1. The third-order valence-electron chi connectivity index (χ3n) is 5.80.